The van der Waals surface area contributed by atoms with Crippen molar-refractivity contribution in [1.82, 2.24) is 20.1 Å². The summed E-state index contributed by atoms with van der Waals surface area (Å²) in [5.74, 6) is 3.08. The lowest BCUT2D eigenvalue weighted by atomic mass is 10.2. The molecule has 4 rings (SSSR count). The highest BCUT2D eigenvalue weighted by molar-refractivity contribution is 7.98. The summed E-state index contributed by atoms with van der Waals surface area (Å²) < 4.78 is 16.2. The lowest BCUT2D eigenvalue weighted by molar-refractivity contribution is 0.340. The first kappa shape index (κ1) is 17.4. The van der Waals surface area contributed by atoms with Crippen molar-refractivity contribution < 1.29 is 14.0 Å². The van der Waals surface area contributed by atoms with E-state index in [0.717, 1.165) is 27.5 Å². The average Bonchev–Trinajstić information content (AvgIpc) is 3.33. The predicted octanol–water partition coefficient (Wildman–Crippen LogP) is 4.31. The fraction of sp³-hybridized carbons (Fsp3) is 0.211. The third kappa shape index (κ3) is 3.75. The Morgan fingerprint density at radius 2 is 2.04 bits per heavy atom. The predicted molar refractivity (Wildman–Crippen MR) is 103 cm³/mol. The Morgan fingerprint density at radius 1 is 1.15 bits per heavy atom. The molecule has 7 nitrogen and oxygen atoms in total. The number of methoxy groups -OCH3 is 1. The number of para-hydroxylation sites is 1. The van der Waals surface area contributed by atoms with Crippen LogP contribution in [0.4, 0.5) is 0 Å². The highest BCUT2D eigenvalue weighted by Gasteiger charge is 2.14. The first-order valence-electron chi connectivity index (χ1n) is 8.48. The number of ether oxygens (including phenoxy) is 2. The van der Waals surface area contributed by atoms with E-state index < -0.39 is 0 Å². The van der Waals surface area contributed by atoms with Gasteiger partial charge in [0.2, 0.25) is 11.7 Å². The van der Waals surface area contributed by atoms with Gasteiger partial charge in [-0.3, -0.25) is 0 Å². The number of imidazole rings is 1. The molecule has 138 valence electrons. The van der Waals surface area contributed by atoms with Gasteiger partial charge in [0.25, 0.3) is 0 Å². The summed E-state index contributed by atoms with van der Waals surface area (Å²) in [4.78, 5) is 12.3. The molecule has 0 aliphatic heterocycles. The fourth-order valence-electron chi connectivity index (χ4n) is 2.67. The highest BCUT2D eigenvalue weighted by Crippen LogP contribution is 2.29. The van der Waals surface area contributed by atoms with Crippen LogP contribution in [-0.4, -0.2) is 33.8 Å². The van der Waals surface area contributed by atoms with Crippen LogP contribution in [0.5, 0.6) is 11.5 Å². The van der Waals surface area contributed by atoms with Crippen molar-refractivity contribution in [1.29, 1.82) is 0 Å². The second-order valence-electron chi connectivity index (χ2n) is 5.65. The van der Waals surface area contributed by atoms with Gasteiger partial charge in [0.15, 0.2) is 5.16 Å². The van der Waals surface area contributed by atoms with E-state index in [0.29, 0.717) is 29.8 Å². The van der Waals surface area contributed by atoms with E-state index in [1.54, 1.807) is 7.11 Å². The molecule has 2 aromatic carbocycles. The maximum absolute atomic E-state index is 5.52. The topological polar surface area (TPSA) is 86.1 Å². The molecule has 0 radical (unpaired) electrons. The molecule has 0 saturated heterocycles. The lowest BCUT2D eigenvalue weighted by Crippen LogP contribution is -1.90. The first-order valence-corrected chi connectivity index (χ1v) is 9.46. The van der Waals surface area contributed by atoms with Crippen LogP contribution in [-0.2, 0) is 5.75 Å². The molecule has 2 aromatic heterocycles. The van der Waals surface area contributed by atoms with Crippen molar-refractivity contribution in [2.75, 3.05) is 13.7 Å². The Morgan fingerprint density at radius 3 is 2.89 bits per heavy atom. The number of H-pyrrole nitrogens is 1. The van der Waals surface area contributed by atoms with Crippen LogP contribution in [0.15, 0.2) is 52.1 Å². The van der Waals surface area contributed by atoms with Gasteiger partial charge in [0.1, 0.15) is 11.5 Å². The Labute approximate surface area is 160 Å². The molecule has 8 heteroatoms. The van der Waals surface area contributed by atoms with Crippen LogP contribution in [0.3, 0.4) is 0 Å². The lowest BCUT2D eigenvalue weighted by Gasteiger charge is -2.02. The van der Waals surface area contributed by atoms with E-state index in [1.807, 2.05) is 49.4 Å². The van der Waals surface area contributed by atoms with Gasteiger partial charge >= 0.3 is 0 Å². The van der Waals surface area contributed by atoms with E-state index in [1.165, 1.54) is 11.8 Å². The number of rotatable bonds is 7. The van der Waals surface area contributed by atoms with Crippen LogP contribution in [0, 0.1) is 0 Å². The van der Waals surface area contributed by atoms with Crippen LogP contribution in [0.1, 0.15) is 12.8 Å². The summed E-state index contributed by atoms with van der Waals surface area (Å²) in [6.07, 6.45) is 0. The van der Waals surface area contributed by atoms with Gasteiger partial charge in [-0.05, 0) is 31.2 Å². The van der Waals surface area contributed by atoms with Crippen molar-refractivity contribution in [3.63, 3.8) is 0 Å². The van der Waals surface area contributed by atoms with Gasteiger partial charge in [-0.1, -0.05) is 29.1 Å². The Hall–Kier alpha value is -3.00. The van der Waals surface area contributed by atoms with Gasteiger partial charge in [0.05, 0.1) is 36.1 Å². The van der Waals surface area contributed by atoms with Crippen LogP contribution >= 0.6 is 11.8 Å². The maximum atomic E-state index is 5.52. The summed E-state index contributed by atoms with van der Waals surface area (Å²) in [5.41, 5.74) is 2.62. The van der Waals surface area contributed by atoms with E-state index >= 15 is 0 Å². The molecule has 0 atom stereocenters. The molecule has 4 aromatic rings. The minimum atomic E-state index is 0.508. The van der Waals surface area contributed by atoms with E-state index in [2.05, 4.69) is 20.1 Å². The SMILES string of the molecule is CCOc1ccc2nc(SCc3nc(-c4ccccc4OC)no3)[nH]c2c1. The average molecular weight is 382 g/mol. The molecule has 27 heavy (non-hydrogen) atoms. The summed E-state index contributed by atoms with van der Waals surface area (Å²) in [5, 5.41) is 4.84. The minimum absolute atomic E-state index is 0.508. The van der Waals surface area contributed by atoms with Crippen molar-refractivity contribution in [3.8, 4) is 22.9 Å². The Kier molecular flexibility index (Phi) is 4.97. The molecule has 0 amide bonds. The molecule has 2 heterocycles. The normalized spacial score (nSPS) is 11.0. The van der Waals surface area contributed by atoms with Crippen molar-refractivity contribution in [3.05, 3.63) is 48.4 Å². The van der Waals surface area contributed by atoms with Crippen molar-refractivity contribution >= 4 is 22.8 Å². The van der Waals surface area contributed by atoms with Crippen molar-refractivity contribution in [2.24, 2.45) is 0 Å². The number of aromatic nitrogens is 4. The zero-order valence-electron chi connectivity index (χ0n) is 14.9. The first-order chi connectivity index (χ1) is 13.3. The smallest absolute Gasteiger partial charge is 0.237 e. The van der Waals surface area contributed by atoms with Crippen LogP contribution in [0.25, 0.3) is 22.4 Å². The molecule has 1 N–H and O–H groups in total. The monoisotopic (exact) mass is 382 g/mol. The molecule has 0 unspecified atom stereocenters. The zero-order valence-corrected chi connectivity index (χ0v) is 15.7. The number of benzene rings is 2. The Bertz CT molecular complexity index is 1060. The quantitative estimate of drug-likeness (QED) is 0.477. The third-order valence-electron chi connectivity index (χ3n) is 3.89. The second kappa shape index (κ2) is 7.71. The van der Waals surface area contributed by atoms with E-state index in [-0.39, 0.29) is 0 Å². The third-order valence-corrected chi connectivity index (χ3v) is 4.75. The van der Waals surface area contributed by atoms with E-state index in [4.69, 9.17) is 14.0 Å². The van der Waals surface area contributed by atoms with Crippen molar-refractivity contribution in [2.45, 2.75) is 17.8 Å². The standard InChI is InChI=1S/C19H18N4O3S/c1-3-25-12-8-9-14-15(10-12)21-19(20-14)27-11-17-22-18(23-26-17)13-6-4-5-7-16(13)24-2/h4-10H,3,11H2,1-2H3,(H,20,21). The minimum Gasteiger partial charge on any atom is -0.496 e. The van der Waals surface area contributed by atoms with Gasteiger partial charge in [0, 0.05) is 6.07 Å². The second-order valence-corrected chi connectivity index (χ2v) is 6.62. The number of fused-ring (bicyclic) bond motifs is 1. The van der Waals surface area contributed by atoms with Gasteiger partial charge < -0.3 is 19.0 Å². The Balaban J connectivity index is 1.48. The largest absolute Gasteiger partial charge is 0.496 e. The molecule has 0 fully saturated rings. The van der Waals surface area contributed by atoms with Gasteiger partial charge in [-0.2, -0.15) is 4.98 Å². The molecular formula is C19H18N4O3S. The van der Waals surface area contributed by atoms with E-state index in [9.17, 15) is 0 Å². The summed E-state index contributed by atoms with van der Waals surface area (Å²) in [6.45, 7) is 2.59. The van der Waals surface area contributed by atoms with Gasteiger partial charge in [-0.25, -0.2) is 4.98 Å². The number of thioether (sulfide) groups is 1. The molecule has 0 aliphatic rings. The number of hydrogen-bond acceptors (Lipinski definition) is 7. The summed E-state index contributed by atoms with van der Waals surface area (Å²) >= 11 is 1.50. The molecular weight excluding hydrogens is 364 g/mol. The summed E-state index contributed by atoms with van der Waals surface area (Å²) in [7, 11) is 1.62. The summed E-state index contributed by atoms with van der Waals surface area (Å²) in [6, 6.07) is 13.4. The van der Waals surface area contributed by atoms with Crippen LogP contribution in [0.2, 0.25) is 0 Å². The maximum Gasteiger partial charge on any atom is 0.237 e. The molecule has 0 saturated carbocycles. The highest BCUT2D eigenvalue weighted by atomic mass is 32.2. The fourth-order valence-corrected chi connectivity index (χ4v) is 3.39. The van der Waals surface area contributed by atoms with Gasteiger partial charge in [-0.15, -0.1) is 0 Å². The number of nitrogens with one attached hydrogen (secondary N) is 1. The van der Waals surface area contributed by atoms with Crippen LogP contribution < -0.4 is 9.47 Å². The number of hydrogen-bond donors (Lipinski definition) is 1. The zero-order chi connectivity index (χ0) is 18.6. The number of aromatic amines is 1. The molecule has 0 aliphatic carbocycles. The molecule has 0 bridgehead atoms. The number of nitrogens with zero attached hydrogens (tertiary/aromatic N) is 3. The molecule has 0 spiro atoms.